The van der Waals surface area contributed by atoms with Gasteiger partial charge in [-0.2, -0.15) is 13.2 Å². The van der Waals surface area contributed by atoms with Crippen LogP contribution in [0.2, 0.25) is 0 Å². The molecular formula is C23H21F3N2O4. The average Bonchev–Trinajstić information content (AvgIpc) is 3.33. The van der Waals surface area contributed by atoms with Crippen LogP contribution < -0.4 is 5.32 Å². The van der Waals surface area contributed by atoms with Crippen molar-refractivity contribution in [3.05, 3.63) is 77.5 Å². The van der Waals surface area contributed by atoms with Gasteiger partial charge in [0, 0.05) is 18.9 Å². The fourth-order valence-corrected chi connectivity index (χ4v) is 3.91. The van der Waals surface area contributed by atoms with Crippen LogP contribution >= 0.6 is 0 Å². The molecule has 0 aliphatic heterocycles. The van der Waals surface area contributed by atoms with Crippen LogP contribution in [-0.4, -0.2) is 35.5 Å². The largest absolute Gasteiger partial charge is 0.449 e. The van der Waals surface area contributed by atoms with Crippen molar-refractivity contribution in [2.24, 2.45) is 0 Å². The van der Waals surface area contributed by atoms with Gasteiger partial charge >= 0.3 is 12.3 Å². The van der Waals surface area contributed by atoms with Crippen LogP contribution in [-0.2, 0) is 10.3 Å². The van der Waals surface area contributed by atoms with E-state index in [4.69, 9.17) is 9.15 Å². The normalized spacial score (nSPS) is 15.0. The smallest absolute Gasteiger partial charge is 0.426 e. The molecule has 0 spiro atoms. The quantitative estimate of drug-likeness (QED) is 0.575. The fourth-order valence-electron chi connectivity index (χ4n) is 3.91. The van der Waals surface area contributed by atoms with Gasteiger partial charge in [0.15, 0.2) is 0 Å². The molecule has 2 aromatic carbocycles. The van der Waals surface area contributed by atoms with Crippen LogP contribution in [0.1, 0.15) is 35.1 Å². The van der Waals surface area contributed by atoms with Gasteiger partial charge in [-0.15, -0.1) is 0 Å². The van der Waals surface area contributed by atoms with Gasteiger partial charge < -0.3 is 19.6 Å². The summed E-state index contributed by atoms with van der Waals surface area (Å²) < 4.78 is 50.6. The molecule has 1 aliphatic rings. The van der Waals surface area contributed by atoms with Crippen LogP contribution in [0.4, 0.5) is 18.0 Å². The van der Waals surface area contributed by atoms with E-state index in [0.717, 1.165) is 28.5 Å². The Morgan fingerprint density at radius 2 is 1.72 bits per heavy atom. The maximum absolute atomic E-state index is 13.5. The number of carbonyl (C=O) groups excluding carboxylic acids is 1. The fraction of sp³-hybridized carbons (Fsp3) is 0.304. The van der Waals surface area contributed by atoms with E-state index in [1.807, 2.05) is 48.5 Å². The first-order valence-electron chi connectivity index (χ1n) is 10.0. The zero-order chi connectivity index (χ0) is 22.9. The van der Waals surface area contributed by atoms with Crippen molar-refractivity contribution in [1.82, 2.24) is 10.3 Å². The molecule has 1 heterocycles. The number of aryl methyl sites for hydroxylation is 1. The van der Waals surface area contributed by atoms with Gasteiger partial charge in [-0.25, -0.2) is 9.78 Å². The number of fused-ring (bicyclic) bond motifs is 3. The van der Waals surface area contributed by atoms with Gasteiger partial charge in [0.05, 0.1) is 6.20 Å². The molecule has 3 aromatic rings. The number of aliphatic hydroxyl groups is 1. The number of benzene rings is 2. The zero-order valence-corrected chi connectivity index (χ0v) is 17.1. The van der Waals surface area contributed by atoms with E-state index in [1.165, 1.54) is 6.92 Å². The van der Waals surface area contributed by atoms with Crippen molar-refractivity contribution in [2.45, 2.75) is 31.0 Å². The first-order valence-corrected chi connectivity index (χ1v) is 10.0. The second-order valence-corrected chi connectivity index (χ2v) is 7.64. The minimum absolute atomic E-state index is 0.0301. The summed E-state index contributed by atoms with van der Waals surface area (Å²) in [5, 5.41) is 12.5. The molecule has 1 atom stereocenters. The molecule has 0 saturated heterocycles. The van der Waals surface area contributed by atoms with Gasteiger partial charge in [-0.1, -0.05) is 48.5 Å². The van der Waals surface area contributed by atoms with Crippen molar-refractivity contribution < 1.29 is 32.2 Å². The van der Waals surface area contributed by atoms with E-state index >= 15 is 0 Å². The van der Waals surface area contributed by atoms with Gasteiger partial charge in [-0.05, 0) is 29.2 Å². The summed E-state index contributed by atoms with van der Waals surface area (Å²) in [5.74, 6) is -0.903. The van der Waals surface area contributed by atoms with Crippen LogP contribution in [0, 0.1) is 6.92 Å². The Balaban J connectivity index is 1.38. The molecule has 0 fully saturated rings. The maximum atomic E-state index is 13.5. The van der Waals surface area contributed by atoms with Crippen LogP contribution in [0.5, 0.6) is 0 Å². The summed E-state index contributed by atoms with van der Waals surface area (Å²) in [5.41, 5.74) is 0.847. The van der Waals surface area contributed by atoms with E-state index in [0.29, 0.717) is 0 Å². The Bertz CT molecular complexity index is 1080. The Hall–Kier alpha value is -3.33. The maximum Gasteiger partial charge on any atom is 0.426 e. The summed E-state index contributed by atoms with van der Waals surface area (Å²) >= 11 is 0. The van der Waals surface area contributed by atoms with E-state index in [1.54, 1.807) is 0 Å². The predicted octanol–water partition coefficient (Wildman–Crippen LogP) is 4.66. The minimum atomic E-state index is -5.03. The topological polar surface area (TPSA) is 84.6 Å². The molecule has 32 heavy (non-hydrogen) atoms. The van der Waals surface area contributed by atoms with E-state index in [2.05, 4.69) is 10.3 Å². The third-order valence-corrected chi connectivity index (χ3v) is 5.54. The lowest BCUT2D eigenvalue weighted by atomic mass is 9.98. The highest BCUT2D eigenvalue weighted by Gasteiger charge is 2.58. The van der Waals surface area contributed by atoms with Crippen LogP contribution in [0.15, 0.2) is 59.1 Å². The average molecular weight is 446 g/mol. The third kappa shape index (κ3) is 3.95. The monoisotopic (exact) mass is 446 g/mol. The molecule has 2 N–H and O–H groups in total. The highest BCUT2D eigenvalue weighted by molar-refractivity contribution is 5.79. The van der Waals surface area contributed by atoms with E-state index in [-0.39, 0.29) is 18.3 Å². The number of halogens is 3. The summed E-state index contributed by atoms with van der Waals surface area (Å²) in [6, 6.07) is 15.6. The highest BCUT2D eigenvalue weighted by atomic mass is 19.4. The number of aromatic nitrogens is 1. The Morgan fingerprint density at radius 1 is 1.12 bits per heavy atom. The molecule has 9 heteroatoms. The minimum Gasteiger partial charge on any atom is -0.449 e. The third-order valence-electron chi connectivity index (χ3n) is 5.54. The number of hydrogen-bond acceptors (Lipinski definition) is 5. The lowest BCUT2D eigenvalue weighted by Crippen LogP contribution is -2.45. The summed E-state index contributed by atoms with van der Waals surface area (Å²) in [6.45, 7) is 0.957. The molecule has 1 aromatic heterocycles. The number of alkyl carbamates (subject to hydrolysis) is 1. The molecule has 1 unspecified atom stereocenters. The van der Waals surface area contributed by atoms with Crippen molar-refractivity contribution in [1.29, 1.82) is 0 Å². The number of amides is 1. The summed E-state index contributed by atoms with van der Waals surface area (Å²) in [7, 11) is 0. The molecule has 0 saturated carbocycles. The Morgan fingerprint density at radius 3 is 2.25 bits per heavy atom. The lowest BCUT2D eigenvalue weighted by Gasteiger charge is -2.27. The number of nitrogens with one attached hydrogen (secondary N) is 1. The lowest BCUT2D eigenvalue weighted by molar-refractivity contribution is -0.276. The number of carbonyl (C=O) groups is 1. The van der Waals surface area contributed by atoms with Crippen LogP contribution in [0.3, 0.4) is 0 Å². The summed E-state index contributed by atoms with van der Waals surface area (Å²) in [6.07, 6.45) is -5.70. The number of alkyl halides is 3. The van der Waals surface area contributed by atoms with Gasteiger partial charge in [0.2, 0.25) is 11.5 Å². The predicted molar refractivity (Wildman–Crippen MR) is 109 cm³/mol. The second-order valence-electron chi connectivity index (χ2n) is 7.64. The first kappa shape index (κ1) is 21.9. The van der Waals surface area contributed by atoms with Crippen molar-refractivity contribution in [3.63, 3.8) is 0 Å². The number of oxazole rings is 1. The molecular weight excluding hydrogens is 425 g/mol. The van der Waals surface area contributed by atoms with Crippen molar-refractivity contribution in [3.8, 4) is 11.1 Å². The zero-order valence-electron chi connectivity index (χ0n) is 17.1. The van der Waals surface area contributed by atoms with Gasteiger partial charge in [-0.3, -0.25) is 0 Å². The standard InChI is InChI=1S/C23H21F3N2O4/c1-14-12-28-20(32-14)22(30,23(24,25)26)10-11-27-21(29)31-13-19-17-8-4-2-6-15(17)16-7-3-5-9-18(16)19/h2-9,12,19,30H,10-11,13H2,1H3,(H,27,29). The molecule has 1 aliphatic carbocycles. The van der Waals surface area contributed by atoms with Crippen LogP contribution in [0.25, 0.3) is 11.1 Å². The Labute approximate surface area is 182 Å². The summed E-state index contributed by atoms with van der Waals surface area (Å²) in [4.78, 5) is 15.7. The number of nitrogens with zero attached hydrogens (tertiary/aromatic N) is 1. The van der Waals surface area contributed by atoms with Crippen molar-refractivity contribution in [2.75, 3.05) is 13.2 Å². The van der Waals surface area contributed by atoms with Gasteiger partial charge in [0.25, 0.3) is 0 Å². The molecule has 0 radical (unpaired) electrons. The first-order chi connectivity index (χ1) is 15.2. The molecule has 168 valence electrons. The van der Waals surface area contributed by atoms with E-state index in [9.17, 15) is 23.1 Å². The number of ether oxygens (including phenoxy) is 1. The SMILES string of the molecule is Cc1cnc(C(O)(CCNC(=O)OCC2c3ccccc3-c3ccccc32)C(F)(F)F)o1. The van der Waals surface area contributed by atoms with Gasteiger partial charge in [0.1, 0.15) is 12.4 Å². The molecule has 1 amide bonds. The Kier molecular flexibility index (Phi) is 5.68. The molecule has 6 nitrogen and oxygen atoms in total. The highest BCUT2D eigenvalue weighted by Crippen LogP contribution is 2.44. The molecule has 4 rings (SSSR count). The molecule has 0 bridgehead atoms. The van der Waals surface area contributed by atoms with Crippen molar-refractivity contribution >= 4 is 6.09 Å². The second kappa shape index (κ2) is 8.31. The number of hydrogen-bond donors (Lipinski definition) is 2. The number of rotatable bonds is 6. The van der Waals surface area contributed by atoms with E-state index < -0.39 is 36.7 Å².